The highest BCUT2D eigenvalue weighted by Gasteiger charge is 2.21. The van der Waals surface area contributed by atoms with Crippen molar-refractivity contribution >= 4 is 35.2 Å². The van der Waals surface area contributed by atoms with Gasteiger partial charge in [0.05, 0.1) is 18.2 Å². The molecule has 1 aliphatic rings. The summed E-state index contributed by atoms with van der Waals surface area (Å²) in [7, 11) is 0. The van der Waals surface area contributed by atoms with Crippen molar-refractivity contribution in [2.24, 2.45) is 0 Å². The van der Waals surface area contributed by atoms with E-state index in [1.54, 1.807) is 35.2 Å². The number of hydrogen-bond donors (Lipinski definition) is 1. The van der Waals surface area contributed by atoms with Gasteiger partial charge in [0.15, 0.2) is 0 Å². The Hall–Kier alpha value is -3.30. The van der Waals surface area contributed by atoms with Gasteiger partial charge in [-0.3, -0.25) is 9.59 Å². The lowest BCUT2D eigenvalue weighted by molar-refractivity contribution is -0.132. The van der Waals surface area contributed by atoms with Crippen molar-refractivity contribution in [1.29, 1.82) is 5.26 Å². The molecular weight excluding hydrogens is 388 g/mol. The molecule has 0 atom stereocenters. The van der Waals surface area contributed by atoms with Gasteiger partial charge in [0.1, 0.15) is 0 Å². The number of hydrogen-bond acceptors (Lipinski definition) is 4. The van der Waals surface area contributed by atoms with Crippen LogP contribution < -0.4 is 10.2 Å². The summed E-state index contributed by atoms with van der Waals surface area (Å²) in [5.74, 6) is -0.487. The lowest BCUT2D eigenvalue weighted by atomic mass is 10.1. The molecule has 1 saturated heterocycles. The molecule has 1 heterocycles. The van der Waals surface area contributed by atoms with Crippen LogP contribution >= 0.6 is 11.6 Å². The van der Waals surface area contributed by atoms with E-state index in [2.05, 4.69) is 16.3 Å². The molecule has 2 aromatic carbocycles. The molecule has 6 nitrogen and oxygen atoms in total. The summed E-state index contributed by atoms with van der Waals surface area (Å²) in [4.78, 5) is 28.3. The maximum absolute atomic E-state index is 12.4. The van der Waals surface area contributed by atoms with Crippen molar-refractivity contribution in [3.05, 3.63) is 70.8 Å². The molecule has 0 aromatic heterocycles. The van der Waals surface area contributed by atoms with Gasteiger partial charge in [-0.2, -0.15) is 5.26 Å². The average molecular weight is 409 g/mol. The predicted octanol–water partition coefficient (Wildman–Crippen LogP) is 2.69. The van der Waals surface area contributed by atoms with Crippen LogP contribution in [-0.4, -0.2) is 49.4 Å². The minimum atomic E-state index is -0.372. The lowest BCUT2D eigenvalue weighted by Crippen LogP contribution is -2.51. The quantitative estimate of drug-likeness (QED) is 0.772. The Balaban J connectivity index is 1.46. The summed E-state index contributed by atoms with van der Waals surface area (Å²) < 4.78 is 0. The van der Waals surface area contributed by atoms with Crippen LogP contribution in [0, 0.1) is 11.3 Å². The molecule has 1 N–H and O–H groups in total. The van der Waals surface area contributed by atoms with Gasteiger partial charge >= 0.3 is 0 Å². The van der Waals surface area contributed by atoms with Crippen molar-refractivity contribution in [1.82, 2.24) is 10.2 Å². The number of carbonyl (C=O) groups is 2. The summed E-state index contributed by atoms with van der Waals surface area (Å²) >= 11 is 6.04. The van der Waals surface area contributed by atoms with Crippen LogP contribution in [0.1, 0.15) is 11.1 Å². The fourth-order valence-corrected chi connectivity index (χ4v) is 3.31. The summed E-state index contributed by atoms with van der Waals surface area (Å²) in [6.07, 6.45) is 2.91. The Morgan fingerprint density at radius 3 is 2.59 bits per heavy atom. The fraction of sp³-hybridized carbons (Fsp3) is 0.227. The fourth-order valence-electron chi connectivity index (χ4n) is 3.13. The molecule has 0 unspecified atom stereocenters. The van der Waals surface area contributed by atoms with Crippen LogP contribution in [0.5, 0.6) is 0 Å². The van der Waals surface area contributed by atoms with Crippen LogP contribution in [0.2, 0.25) is 5.02 Å². The number of nitrogens with zero attached hydrogens (tertiary/aromatic N) is 3. The Morgan fingerprint density at radius 1 is 1.10 bits per heavy atom. The second-order valence-electron chi connectivity index (χ2n) is 6.60. The molecule has 0 bridgehead atoms. The summed E-state index contributed by atoms with van der Waals surface area (Å²) in [6.45, 7) is 2.55. The van der Waals surface area contributed by atoms with E-state index in [9.17, 15) is 9.59 Å². The van der Waals surface area contributed by atoms with E-state index in [-0.39, 0.29) is 18.4 Å². The van der Waals surface area contributed by atoms with Gasteiger partial charge in [0.25, 0.3) is 0 Å². The number of carbonyl (C=O) groups excluding carboxylic acids is 2. The third-order valence-electron chi connectivity index (χ3n) is 4.72. The normalized spacial score (nSPS) is 13.9. The smallest absolute Gasteiger partial charge is 0.244 e. The zero-order valence-corrected chi connectivity index (χ0v) is 16.6. The number of rotatable bonds is 5. The number of benzene rings is 2. The van der Waals surface area contributed by atoms with Gasteiger partial charge in [0.2, 0.25) is 11.8 Å². The first kappa shape index (κ1) is 20.4. The Labute approximate surface area is 175 Å². The van der Waals surface area contributed by atoms with E-state index in [0.717, 1.165) is 5.69 Å². The van der Waals surface area contributed by atoms with E-state index in [1.165, 1.54) is 6.08 Å². The number of amides is 2. The molecule has 1 fully saturated rings. The largest absolute Gasteiger partial charge is 0.368 e. The zero-order chi connectivity index (χ0) is 20.6. The molecular formula is C22H21ClN4O2. The maximum Gasteiger partial charge on any atom is 0.244 e. The summed E-state index contributed by atoms with van der Waals surface area (Å²) in [5.41, 5.74) is 2.19. The molecule has 2 aromatic rings. The van der Waals surface area contributed by atoms with E-state index in [1.807, 2.05) is 24.3 Å². The van der Waals surface area contributed by atoms with Crippen molar-refractivity contribution in [3.63, 3.8) is 0 Å². The van der Waals surface area contributed by atoms with Crippen LogP contribution in [0.4, 0.5) is 5.69 Å². The molecule has 0 spiro atoms. The summed E-state index contributed by atoms with van der Waals surface area (Å²) in [5, 5.41) is 12.4. The first-order valence-electron chi connectivity index (χ1n) is 9.30. The first-order chi connectivity index (χ1) is 14.1. The van der Waals surface area contributed by atoms with Crippen LogP contribution in [-0.2, 0) is 9.59 Å². The molecule has 1 aliphatic heterocycles. The topological polar surface area (TPSA) is 76.4 Å². The SMILES string of the molecule is N#Cc1ccccc1/C=C/C(=O)NCC(=O)N1CCN(c2cccc(Cl)c2)CC1. The van der Waals surface area contributed by atoms with Crippen molar-refractivity contribution in [3.8, 4) is 6.07 Å². The van der Waals surface area contributed by atoms with Gasteiger partial charge in [-0.1, -0.05) is 35.9 Å². The van der Waals surface area contributed by atoms with E-state index < -0.39 is 0 Å². The number of anilines is 1. The first-order valence-corrected chi connectivity index (χ1v) is 9.68. The highest BCUT2D eigenvalue weighted by atomic mass is 35.5. The maximum atomic E-state index is 12.4. The van der Waals surface area contributed by atoms with Gasteiger partial charge in [-0.15, -0.1) is 0 Å². The number of nitriles is 1. The van der Waals surface area contributed by atoms with Crippen LogP contribution in [0.3, 0.4) is 0 Å². The van der Waals surface area contributed by atoms with Crippen molar-refractivity contribution in [2.45, 2.75) is 0 Å². The van der Waals surface area contributed by atoms with E-state index in [0.29, 0.717) is 42.3 Å². The standard InChI is InChI=1S/C22H21ClN4O2/c23-19-6-3-7-20(14-19)26-10-12-27(13-11-26)22(29)16-25-21(28)9-8-17-4-1-2-5-18(17)15-24/h1-9,14H,10-13,16H2,(H,25,28)/b9-8+. The Morgan fingerprint density at radius 2 is 1.86 bits per heavy atom. The van der Waals surface area contributed by atoms with Gasteiger partial charge in [0, 0.05) is 43.0 Å². The third kappa shape index (κ3) is 5.59. The van der Waals surface area contributed by atoms with Crippen molar-refractivity contribution in [2.75, 3.05) is 37.6 Å². The second kappa shape index (κ2) is 9.76. The highest BCUT2D eigenvalue weighted by molar-refractivity contribution is 6.30. The molecule has 148 valence electrons. The van der Waals surface area contributed by atoms with E-state index >= 15 is 0 Å². The average Bonchev–Trinajstić information content (AvgIpc) is 2.76. The minimum Gasteiger partial charge on any atom is -0.368 e. The molecule has 2 amide bonds. The predicted molar refractivity (Wildman–Crippen MR) is 113 cm³/mol. The zero-order valence-electron chi connectivity index (χ0n) is 15.8. The van der Waals surface area contributed by atoms with Gasteiger partial charge < -0.3 is 15.1 Å². The molecule has 29 heavy (non-hydrogen) atoms. The highest BCUT2D eigenvalue weighted by Crippen LogP contribution is 2.20. The van der Waals surface area contributed by atoms with Gasteiger partial charge in [-0.25, -0.2) is 0 Å². The van der Waals surface area contributed by atoms with E-state index in [4.69, 9.17) is 16.9 Å². The molecule has 0 saturated carbocycles. The molecule has 0 radical (unpaired) electrons. The monoisotopic (exact) mass is 408 g/mol. The minimum absolute atomic E-state index is 0.0553. The van der Waals surface area contributed by atoms with Gasteiger partial charge in [-0.05, 0) is 35.9 Å². The number of nitrogens with one attached hydrogen (secondary N) is 1. The summed E-state index contributed by atoms with van der Waals surface area (Å²) in [6, 6.07) is 16.7. The van der Waals surface area contributed by atoms with Crippen LogP contribution in [0.25, 0.3) is 6.08 Å². The molecule has 7 heteroatoms. The number of piperazine rings is 1. The Kier molecular flexibility index (Phi) is 6.88. The number of halogens is 1. The third-order valence-corrected chi connectivity index (χ3v) is 4.95. The molecule has 0 aliphatic carbocycles. The van der Waals surface area contributed by atoms with Crippen molar-refractivity contribution < 1.29 is 9.59 Å². The Bertz CT molecular complexity index is 959. The van der Waals surface area contributed by atoms with Crippen LogP contribution in [0.15, 0.2) is 54.6 Å². The lowest BCUT2D eigenvalue weighted by Gasteiger charge is -2.36. The second-order valence-corrected chi connectivity index (χ2v) is 7.03. The molecule has 3 rings (SSSR count).